The van der Waals surface area contributed by atoms with E-state index in [1.165, 1.54) is 154 Å². The third-order valence-corrected chi connectivity index (χ3v) is 11.3. The monoisotopic (exact) mass is 936 g/mol. The third-order valence-electron chi connectivity index (χ3n) is 10.6. The Balaban J connectivity index is 0. The van der Waals surface area contributed by atoms with Crippen molar-refractivity contribution in [2.24, 2.45) is 11.8 Å². The molecule has 0 aliphatic heterocycles. The minimum absolute atomic E-state index is 0.209. The van der Waals surface area contributed by atoms with Gasteiger partial charge >= 0.3 is 154 Å². The Morgan fingerprint density at radius 2 is 0.930 bits per heavy atom. The SMILES string of the molecule is CCCCCCCCC(C)CCCCCC.CCCCCCCCC(C)CCCCCC.O=C(CCN(CCCn1ccnc1)CCC(=O)OCC[Se])OCC[Se]. The van der Waals surface area contributed by atoms with E-state index in [0.717, 1.165) is 31.3 Å². The van der Waals surface area contributed by atoms with Crippen LogP contribution in [0.4, 0.5) is 0 Å². The van der Waals surface area contributed by atoms with Gasteiger partial charge in [-0.3, -0.25) is 0 Å². The zero-order chi connectivity index (χ0) is 42.5. The number of unbranched alkanes of at least 4 members (excludes halogenated alkanes) is 16. The number of imidazole rings is 1. The first-order valence-electron chi connectivity index (χ1n) is 23.9. The van der Waals surface area contributed by atoms with Gasteiger partial charge < -0.3 is 0 Å². The van der Waals surface area contributed by atoms with Crippen LogP contribution in [0.3, 0.4) is 0 Å². The number of aromatic nitrogens is 2. The molecular weight excluding hydrogens is 840 g/mol. The molecule has 0 saturated carbocycles. The van der Waals surface area contributed by atoms with Crippen molar-refractivity contribution in [2.45, 2.75) is 232 Å². The fourth-order valence-corrected chi connectivity index (χ4v) is 7.21. The predicted octanol–water partition coefficient (Wildman–Crippen LogP) is 13.3. The molecule has 9 heteroatoms. The molecule has 0 fully saturated rings. The average Bonchev–Trinajstić information content (AvgIpc) is 3.74. The first-order valence-corrected chi connectivity index (χ1v) is 26.3. The molecule has 0 amide bonds. The van der Waals surface area contributed by atoms with Crippen molar-refractivity contribution < 1.29 is 19.1 Å². The Kier molecular flexibility index (Phi) is 48.9. The Morgan fingerprint density at radius 3 is 1.28 bits per heavy atom. The summed E-state index contributed by atoms with van der Waals surface area (Å²) in [5, 5.41) is 1.39. The van der Waals surface area contributed by atoms with Gasteiger partial charge in [-0.1, -0.05) is 196 Å². The summed E-state index contributed by atoms with van der Waals surface area (Å²) >= 11 is 5.61. The van der Waals surface area contributed by atoms with Crippen LogP contribution in [-0.2, 0) is 25.6 Å². The number of hydrogen-bond donors (Lipinski definition) is 0. The fraction of sp³-hybridized carbons (Fsp3) is 0.896. The summed E-state index contributed by atoms with van der Waals surface area (Å²) in [5.74, 6) is 1.53. The summed E-state index contributed by atoms with van der Waals surface area (Å²) in [4.78, 5) is 29.5. The quantitative estimate of drug-likeness (QED) is 0.0374. The van der Waals surface area contributed by atoms with Gasteiger partial charge in [0, 0.05) is 6.20 Å². The van der Waals surface area contributed by atoms with E-state index in [4.69, 9.17) is 9.47 Å². The van der Waals surface area contributed by atoms with E-state index >= 15 is 0 Å². The molecule has 0 aliphatic rings. The molecule has 0 saturated heterocycles. The number of aryl methyl sites for hydroxylation is 1. The van der Waals surface area contributed by atoms with E-state index in [2.05, 4.69) is 83.5 Å². The van der Waals surface area contributed by atoms with Crippen LogP contribution < -0.4 is 0 Å². The van der Waals surface area contributed by atoms with Crippen molar-refractivity contribution >= 4 is 44.0 Å². The van der Waals surface area contributed by atoms with Gasteiger partial charge in [-0.25, -0.2) is 4.98 Å². The third kappa shape index (κ3) is 46.1. The minimum atomic E-state index is -0.209. The summed E-state index contributed by atoms with van der Waals surface area (Å²) in [6.45, 7) is 17.6. The van der Waals surface area contributed by atoms with Gasteiger partial charge in [0.2, 0.25) is 0 Å². The number of carbonyl (C=O) groups is 2. The molecule has 0 N–H and O–H groups in total. The van der Waals surface area contributed by atoms with E-state index in [0.29, 0.717) is 49.8 Å². The molecule has 0 aromatic carbocycles. The van der Waals surface area contributed by atoms with Crippen LogP contribution in [0.15, 0.2) is 18.7 Å². The van der Waals surface area contributed by atoms with Gasteiger partial charge in [-0.15, -0.1) is 0 Å². The molecule has 336 valence electrons. The Bertz CT molecular complexity index is 883. The van der Waals surface area contributed by atoms with Crippen molar-refractivity contribution in [3.8, 4) is 0 Å². The van der Waals surface area contributed by atoms with E-state index in [1.54, 1.807) is 12.5 Å². The van der Waals surface area contributed by atoms with Gasteiger partial charge in [-0.2, -0.15) is 0 Å². The van der Waals surface area contributed by atoms with Gasteiger partial charge in [-0.05, 0) is 11.8 Å². The molecule has 1 heterocycles. The van der Waals surface area contributed by atoms with Crippen molar-refractivity contribution in [1.82, 2.24) is 14.5 Å². The molecule has 0 aliphatic carbocycles. The zero-order valence-corrected chi connectivity index (χ0v) is 41.9. The second kappa shape index (κ2) is 47.8. The molecule has 2 radical (unpaired) electrons. The molecule has 0 spiro atoms. The normalized spacial score (nSPS) is 12.0. The summed E-state index contributed by atoms with van der Waals surface area (Å²) < 4.78 is 12.2. The first kappa shape index (κ1) is 58.2. The van der Waals surface area contributed by atoms with Crippen LogP contribution in [0.5, 0.6) is 0 Å². The average molecular weight is 934 g/mol. The van der Waals surface area contributed by atoms with Crippen molar-refractivity contribution in [1.29, 1.82) is 0 Å². The maximum absolute atomic E-state index is 11.7. The van der Waals surface area contributed by atoms with E-state index in [1.807, 2.05) is 10.8 Å². The standard InChI is InChI=1S/C16H25N3O4Se2.2C16H34/c20-15(22-10-12-24)2-7-18(8-3-16(21)23-11-13-25)5-1-6-19-9-4-17-14-19;2*1-4-6-8-10-11-13-15-16(3)14-12-9-7-5-2/h4,9,14H,1-3,5-8,10-13H2;2*16H,4-15H2,1-3H3. The fourth-order valence-electron chi connectivity index (χ4n) is 6.86. The van der Waals surface area contributed by atoms with Crippen LogP contribution in [0.1, 0.15) is 215 Å². The van der Waals surface area contributed by atoms with Crippen LogP contribution in [0.25, 0.3) is 0 Å². The second-order valence-corrected chi connectivity index (χ2v) is 18.1. The van der Waals surface area contributed by atoms with Crippen LogP contribution in [0, 0.1) is 11.8 Å². The second-order valence-electron chi connectivity index (χ2n) is 16.4. The van der Waals surface area contributed by atoms with Gasteiger partial charge in [0.15, 0.2) is 0 Å². The van der Waals surface area contributed by atoms with Crippen molar-refractivity contribution in [3.05, 3.63) is 18.7 Å². The molecule has 57 heavy (non-hydrogen) atoms. The Morgan fingerprint density at radius 1 is 0.561 bits per heavy atom. The van der Waals surface area contributed by atoms with E-state index in [9.17, 15) is 9.59 Å². The molecule has 2 atom stereocenters. The molecule has 7 nitrogen and oxygen atoms in total. The Hall–Kier alpha value is -0.851. The van der Waals surface area contributed by atoms with Gasteiger partial charge in [0.05, 0.1) is 0 Å². The van der Waals surface area contributed by atoms with Crippen molar-refractivity contribution in [2.75, 3.05) is 32.8 Å². The van der Waals surface area contributed by atoms with Crippen LogP contribution in [-0.4, -0.2) is 91.3 Å². The Labute approximate surface area is 371 Å². The first-order chi connectivity index (χ1) is 27.8. The number of esters is 2. The summed E-state index contributed by atoms with van der Waals surface area (Å²) in [6.07, 6.45) is 41.7. The van der Waals surface area contributed by atoms with E-state index in [-0.39, 0.29) is 11.9 Å². The summed E-state index contributed by atoms with van der Waals surface area (Å²) in [7, 11) is 0. The van der Waals surface area contributed by atoms with Crippen molar-refractivity contribution in [3.63, 3.8) is 0 Å². The number of rotatable bonds is 38. The van der Waals surface area contributed by atoms with Crippen LogP contribution >= 0.6 is 0 Å². The molecule has 1 rings (SSSR count). The maximum atomic E-state index is 11.7. The molecule has 0 bridgehead atoms. The van der Waals surface area contributed by atoms with E-state index < -0.39 is 0 Å². The number of ether oxygens (including phenoxy) is 2. The van der Waals surface area contributed by atoms with Crippen LogP contribution in [0.2, 0.25) is 10.6 Å². The number of hydrogen-bond acceptors (Lipinski definition) is 6. The number of carbonyl (C=O) groups excluding carboxylic acids is 2. The van der Waals surface area contributed by atoms with Gasteiger partial charge in [0.1, 0.15) is 0 Å². The summed E-state index contributed by atoms with van der Waals surface area (Å²) in [6, 6.07) is 0. The predicted molar refractivity (Wildman–Crippen MR) is 247 cm³/mol. The van der Waals surface area contributed by atoms with Gasteiger partial charge in [0.25, 0.3) is 0 Å². The zero-order valence-electron chi connectivity index (χ0n) is 38.4. The number of nitrogens with zero attached hydrogens (tertiary/aromatic N) is 3. The molecule has 2 unspecified atom stereocenters. The topological polar surface area (TPSA) is 73.7 Å². The summed E-state index contributed by atoms with van der Waals surface area (Å²) in [5.41, 5.74) is 0. The molecule has 1 aromatic heterocycles. The molecular formula is C48H93N3O4Se2. The molecule has 1 aromatic rings.